The van der Waals surface area contributed by atoms with Crippen LogP contribution in [0.25, 0.3) is 0 Å². The Balaban J connectivity index is 1.71. The van der Waals surface area contributed by atoms with E-state index in [9.17, 15) is 9.59 Å². The van der Waals surface area contributed by atoms with E-state index in [-0.39, 0.29) is 24.4 Å². The van der Waals surface area contributed by atoms with Gasteiger partial charge in [0.25, 0.3) is 0 Å². The molecule has 2 N–H and O–H groups in total. The molecule has 2 aliphatic rings. The number of fused-ring (bicyclic) bond motifs is 1. The van der Waals surface area contributed by atoms with Crippen molar-refractivity contribution in [2.75, 3.05) is 19.6 Å². The maximum Gasteiger partial charge on any atom is 0.246 e. The predicted molar refractivity (Wildman–Crippen MR) is 80.4 cm³/mol. The molecule has 2 amide bonds. The zero-order valence-electron chi connectivity index (χ0n) is 11.7. The summed E-state index contributed by atoms with van der Waals surface area (Å²) in [6.45, 7) is 1.74. The van der Waals surface area contributed by atoms with E-state index in [1.807, 2.05) is 12.1 Å². The standard InChI is InChI=1S/C15H17N3O2S/c16-7-1-3-11-5-6-12(21-11)9-17-10-14(19)18-8-2-4-13(18)15(17)20/h5-6,13H,2,4,7-10,16H2. The first-order chi connectivity index (χ1) is 10.2. The van der Waals surface area contributed by atoms with E-state index in [1.54, 1.807) is 21.1 Å². The third kappa shape index (κ3) is 2.80. The lowest BCUT2D eigenvalue weighted by atomic mass is 10.1. The van der Waals surface area contributed by atoms with Gasteiger partial charge in [-0.3, -0.25) is 9.59 Å². The Labute approximate surface area is 127 Å². The molecule has 0 radical (unpaired) electrons. The monoisotopic (exact) mass is 303 g/mol. The molecule has 0 spiro atoms. The highest BCUT2D eigenvalue weighted by Gasteiger charge is 2.41. The minimum Gasteiger partial charge on any atom is -0.329 e. The second-order valence-corrected chi connectivity index (χ2v) is 6.38. The number of carbonyl (C=O) groups excluding carboxylic acids is 2. The maximum absolute atomic E-state index is 12.4. The molecule has 3 heterocycles. The zero-order valence-corrected chi connectivity index (χ0v) is 12.5. The van der Waals surface area contributed by atoms with E-state index in [0.717, 1.165) is 29.1 Å². The molecule has 21 heavy (non-hydrogen) atoms. The summed E-state index contributed by atoms with van der Waals surface area (Å²) in [5.74, 6) is 5.94. The molecule has 0 aromatic carbocycles. The lowest BCUT2D eigenvalue weighted by Crippen LogP contribution is -2.56. The highest BCUT2D eigenvalue weighted by atomic mass is 32.1. The van der Waals surface area contributed by atoms with Crippen LogP contribution in [-0.2, 0) is 16.1 Å². The highest BCUT2D eigenvalue weighted by Crippen LogP contribution is 2.26. The number of piperazine rings is 1. The van der Waals surface area contributed by atoms with Crippen molar-refractivity contribution in [2.45, 2.75) is 25.4 Å². The molecular weight excluding hydrogens is 286 g/mol. The van der Waals surface area contributed by atoms with Crippen LogP contribution in [0.1, 0.15) is 22.6 Å². The quantitative estimate of drug-likeness (QED) is 0.804. The first kappa shape index (κ1) is 14.1. The molecule has 3 rings (SSSR count). The molecule has 0 saturated carbocycles. The Morgan fingerprint density at radius 1 is 1.38 bits per heavy atom. The first-order valence-electron chi connectivity index (χ1n) is 7.05. The highest BCUT2D eigenvalue weighted by molar-refractivity contribution is 7.12. The number of amides is 2. The Kier molecular flexibility index (Phi) is 3.95. The van der Waals surface area contributed by atoms with Gasteiger partial charge in [0.05, 0.1) is 18.0 Å². The summed E-state index contributed by atoms with van der Waals surface area (Å²) in [5.41, 5.74) is 5.35. The van der Waals surface area contributed by atoms with E-state index >= 15 is 0 Å². The molecule has 2 fully saturated rings. The van der Waals surface area contributed by atoms with Gasteiger partial charge in [-0.15, -0.1) is 11.3 Å². The smallest absolute Gasteiger partial charge is 0.246 e. The molecule has 5 nitrogen and oxygen atoms in total. The molecule has 0 aliphatic carbocycles. The fourth-order valence-electron chi connectivity index (χ4n) is 2.85. The average molecular weight is 303 g/mol. The van der Waals surface area contributed by atoms with Gasteiger partial charge in [-0.25, -0.2) is 0 Å². The van der Waals surface area contributed by atoms with Crippen LogP contribution in [0.3, 0.4) is 0 Å². The summed E-state index contributed by atoms with van der Waals surface area (Å²) in [5, 5.41) is 0. The zero-order chi connectivity index (χ0) is 14.8. The van der Waals surface area contributed by atoms with Crippen molar-refractivity contribution >= 4 is 23.2 Å². The molecule has 2 aliphatic heterocycles. The van der Waals surface area contributed by atoms with Crippen LogP contribution < -0.4 is 5.73 Å². The van der Waals surface area contributed by atoms with Crippen molar-refractivity contribution < 1.29 is 9.59 Å². The van der Waals surface area contributed by atoms with Gasteiger partial charge < -0.3 is 15.5 Å². The minimum atomic E-state index is -0.234. The second kappa shape index (κ2) is 5.88. The average Bonchev–Trinajstić information content (AvgIpc) is 3.11. The van der Waals surface area contributed by atoms with Gasteiger partial charge in [0.2, 0.25) is 11.8 Å². The van der Waals surface area contributed by atoms with Crippen molar-refractivity contribution in [2.24, 2.45) is 5.73 Å². The summed E-state index contributed by atoms with van der Waals surface area (Å²) >= 11 is 1.55. The molecule has 110 valence electrons. The van der Waals surface area contributed by atoms with Crippen LogP contribution in [0.15, 0.2) is 12.1 Å². The van der Waals surface area contributed by atoms with Crippen molar-refractivity contribution in [1.29, 1.82) is 0 Å². The fraction of sp³-hybridized carbons (Fsp3) is 0.467. The number of rotatable bonds is 2. The summed E-state index contributed by atoms with van der Waals surface area (Å²) in [6.07, 6.45) is 1.71. The molecule has 2 saturated heterocycles. The lowest BCUT2D eigenvalue weighted by Gasteiger charge is -2.36. The van der Waals surface area contributed by atoms with Gasteiger partial charge >= 0.3 is 0 Å². The van der Waals surface area contributed by atoms with E-state index in [0.29, 0.717) is 13.1 Å². The third-order valence-corrected chi connectivity index (χ3v) is 4.80. The van der Waals surface area contributed by atoms with E-state index in [1.165, 1.54) is 0 Å². The molecule has 1 unspecified atom stereocenters. The lowest BCUT2D eigenvalue weighted by molar-refractivity contribution is -0.154. The van der Waals surface area contributed by atoms with Crippen LogP contribution in [0.2, 0.25) is 0 Å². The van der Waals surface area contributed by atoms with Crippen molar-refractivity contribution in [3.63, 3.8) is 0 Å². The summed E-state index contributed by atoms with van der Waals surface area (Å²) < 4.78 is 0. The second-order valence-electron chi connectivity index (χ2n) is 5.21. The summed E-state index contributed by atoms with van der Waals surface area (Å²) in [7, 11) is 0. The minimum absolute atomic E-state index is 0.0665. The van der Waals surface area contributed by atoms with Crippen LogP contribution >= 0.6 is 11.3 Å². The molecule has 1 atom stereocenters. The molecule has 0 bridgehead atoms. The van der Waals surface area contributed by atoms with E-state index in [2.05, 4.69) is 11.8 Å². The van der Waals surface area contributed by atoms with Crippen LogP contribution in [0.4, 0.5) is 0 Å². The Morgan fingerprint density at radius 2 is 2.24 bits per heavy atom. The molecular formula is C15H17N3O2S. The summed E-state index contributed by atoms with van der Waals surface area (Å²) in [6, 6.07) is 3.66. The number of nitrogens with zero attached hydrogens (tertiary/aromatic N) is 2. The van der Waals surface area contributed by atoms with Gasteiger partial charge in [-0.05, 0) is 25.0 Å². The molecule has 1 aromatic rings. The van der Waals surface area contributed by atoms with Gasteiger partial charge in [0.15, 0.2) is 0 Å². The Morgan fingerprint density at radius 3 is 3.05 bits per heavy atom. The molecule has 1 aromatic heterocycles. The predicted octanol–water partition coefficient (Wildman–Crippen LogP) is 0.391. The van der Waals surface area contributed by atoms with Crippen molar-refractivity contribution in [3.05, 3.63) is 21.9 Å². The summed E-state index contributed by atoms with van der Waals surface area (Å²) in [4.78, 5) is 29.9. The topological polar surface area (TPSA) is 66.6 Å². The SMILES string of the molecule is NCC#Cc1ccc(CN2CC(=O)N3CCCC3C2=O)s1. The number of hydrogen-bond acceptors (Lipinski definition) is 4. The Bertz CT molecular complexity index is 628. The normalized spacial score (nSPS) is 21.3. The largest absolute Gasteiger partial charge is 0.329 e. The number of carbonyl (C=O) groups is 2. The van der Waals surface area contributed by atoms with Crippen LogP contribution in [0.5, 0.6) is 0 Å². The fourth-order valence-corrected chi connectivity index (χ4v) is 3.75. The van der Waals surface area contributed by atoms with Gasteiger partial charge in [-0.1, -0.05) is 11.8 Å². The first-order valence-corrected chi connectivity index (χ1v) is 7.86. The van der Waals surface area contributed by atoms with E-state index in [4.69, 9.17) is 5.73 Å². The van der Waals surface area contributed by atoms with Crippen LogP contribution in [0, 0.1) is 11.8 Å². The Hall–Kier alpha value is -1.84. The van der Waals surface area contributed by atoms with Gasteiger partial charge in [-0.2, -0.15) is 0 Å². The third-order valence-electron chi connectivity index (χ3n) is 3.82. The van der Waals surface area contributed by atoms with E-state index < -0.39 is 0 Å². The maximum atomic E-state index is 12.4. The number of hydrogen-bond donors (Lipinski definition) is 1. The number of thiophene rings is 1. The van der Waals surface area contributed by atoms with Crippen molar-refractivity contribution in [3.8, 4) is 11.8 Å². The molecule has 6 heteroatoms. The van der Waals surface area contributed by atoms with Crippen molar-refractivity contribution in [1.82, 2.24) is 9.80 Å². The van der Waals surface area contributed by atoms with Gasteiger partial charge in [0.1, 0.15) is 12.6 Å². The number of nitrogens with two attached hydrogens (primary N) is 1. The van der Waals surface area contributed by atoms with Gasteiger partial charge in [0, 0.05) is 11.4 Å². The van der Waals surface area contributed by atoms with Crippen LogP contribution in [-0.4, -0.2) is 47.3 Å².